The van der Waals surface area contributed by atoms with Crippen LogP contribution in [0.3, 0.4) is 0 Å². The average Bonchev–Trinajstić information content (AvgIpc) is 2.34. The summed E-state index contributed by atoms with van der Waals surface area (Å²) in [5.41, 5.74) is 0. The molecular weight excluding hydrogens is 277 g/mol. The fraction of sp³-hybridized carbons (Fsp3) is 0.545. The van der Waals surface area contributed by atoms with Crippen molar-refractivity contribution in [3.8, 4) is 0 Å². The number of anilines is 1. The quantitative estimate of drug-likeness (QED) is 0.837. The Morgan fingerprint density at radius 2 is 2.11 bits per heavy atom. The molecule has 0 bridgehead atoms. The van der Waals surface area contributed by atoms with Crippen LogP contribution in [-0.2, 0) is 4.79 Å². The lowest BCUT2D eigenvalue weighted by molar-refractivity contribution is -0.143. The van der Waals surface area contributed by atoms with Crippen molar-refractivity contribution < 1.29 is 9.90 Å². The number of hydrogen-bond acceptors (Lipinski definition) is 4. The molecule has 0 aliphatic heterocycles. The Kier molecular flexibility index (Phi) is 4.24. The second-order valence-electron chi connectivity index (χ2n) is 4.32. The van der Waals surface area contributed by atoms with Gasteiger partial charge in [-0.15, -0.1) is 0 Å². The number of carboxylic acids is 1. The van der Waals surface area contributed by atoms with Crippen molar-refractivity contribution in [2.24, 2.45) is 5.92 Å². The summed E-state index contributed by atoms with van der Waals surface area (Å²) in [5, 5.41) is 12.7. The molecule has 1 fully saturated rings. The Labute approximate surface area is 115 Å². The molecule has 2 atom stereocenters. The normalized spacial score (nSPS) is 23.7. The smallest absolute Gasteiger partial charge is 0.308 e. The standard InChI is InChI=1S/C11H13Cl2N3O2/c12-7-5-14-11(13)16-9(7)15-8-4-2-1-3-6(8)10(17)18/h5-6,8H,1-4H2,(H,17,18)(H,14,15,16). The van der Waals surface area contributed by atoms with Crippen molar-refractivity contribution in [1.29, 1.82) is 0 Å². The number of rotatable bonds is 3. The van der Waals surface area contributed by atoms with Gasteiger partial charge in [-0.2, -0.15) is 4.98 Å². The maximum absolute atomic E-state index is 11.2. The van der Waals surface area contributed by atoms with Crippen LogP contribution in [0.1, 0.15) is 25.7 Å². The summed E-state index contributed by atoms with van der Waals surface area (Å²) in [5.74, 6) is -0.804. The van der Waals surface area contributed by atoms with E-state index in [0.29, 0.717) is 17.3 Å². The highest BCUT2D eigenvalue weighted by Crippen LogP contribution is 2.29. The molecule has 0 saturated heterocycles. The number of aliphatic carboxylic acids is 1. The van der Waals surface area contributed by atoms with E-state index in [1.807, 2.05) is 0 Å². The van der Waals surface area contributed by atoms with Gasteiger partial charge in [0, 0.05) is 6.04 Å². The number of aromatic nitrogens is 2. The fourth-order valence-corrected chi connectivity index (χ4v) is 2.50. The Bertz CT molecular complexity index is 456. The molecule has 1 aliphatic carbocycles. The maximum Gasteiger partial charge on any atom is 0.308 e. The molecule has 1 aromatic rings. The van der Waals surface area contributed by atoms with E-state index in [0.717, 1.165) is 19.3 Å². The number of nitrogens with zero attached hydrogens (tertiary/aromatic N) is 2. The number of nitrogens with one attached hydrogen (secondary N) is 1. The van der Waals surface area contributed by atoms with E-state index in [1.54, 1.807) is 0 Å². The largest absolute Gasteiger partial charge is 0.481 e. The molecule has 0 aromatic carbocycles. The third-order valence-corrected chi connectivity index (χ3v) is 3.58. The molecule has 2 unspecified atom stereocenters. The minimum atomic E-state index is -0.788. The van der Waals surface area contributed by atoms with Crippen molar-refractivity contribution in [2.45, 2.75) is 31.7 Å². The van der Waals surface area contributed by atoms with E-state index in [-0.39, 0.29) is 11.3 Å². The van der Waals surface area contributed by atoms with Crippen LogP contribution in [0.5, 0.6) is 0 Å². The first kappa shape index (κ1) is 13.4. The van der Waals surface area contributed by atoms with Gasteiger partial charge in [0.05, 0.1) is 12.1 Å². The van der Waals surface area contributed by atoms with Crippen LogP contribution in [0.15, 0.2) is 6.20 Å². The van der Waals surface area contributed by atoms with Gasteiger partial charge >= 0.3 is 5.97 Å². The van der Waals surface area contributed by atoms with E-state index in [9.17, 15) is 9.90 Å². The molecular formula is C11H13Cl2N3O2. The van der Waals surface area contributed by atoms with Gasteiger partial charge in [-0.05, 0) is 24.4 Å². The summed E-state index contributed by atoms with van der Waals surface area (Å²) in [7, 11) is 0. The zero-order chi connectivity index (χ0) is 13.1. The molecule has 7 heteroatoms. The van der Waals surface area contributed by atoms with Gasteiger partial charge in [-0.25, -0.2) is 4.98 Å². The molecule has 0 spiro atoms. The van der Waals surface area contributed by atoms with Crippen LogP contribution in [-0.4, -0.2) is 27.1 Å². The van der Waals surface area contributed by atoms with Crippen LogP contribution in [0.2, 0.25) is 10.3 Å². The van der Waals surface area contributed by atoms with Crippen molar-refractivity contribution >= 4 is 35.0 Å². The van der Waals surface area contributed by atoms with Gasteiger partial charge < -0.3 is 10.4 Å². The molecule has 5 nitrogen and oxygen atoms in total. The van der Waals surface area contributed by atoms with Gasteiger partial charge in [-0.1, -0.05) is 24.4 Å². The zero-order valence-electron chi connectivity index (χ0n) is 9.57. The van der Waals surface area contributed by atoms with E-state index in [4.69, 9.17) is 23.2 Å². The number of halogens is 2. The Morgan fingerprint density at radius 3 is 2.83 bits per heavy atom. The van der Waals surface area contributed by atoms with E-state index < -0.39 is 11.9 Å². The van der Waals surface area contributed by atoms with Gasteiger partial charge in [0.1, 0.15) is 10.8 Å². The minimum Gasteiger partial charge on any atom is -0.481 e. The summed E-state index contributed by atoms with van der Waals surface area (Å²) in [6.45, 7) is 0. The van der Waals surface area contributed by atoms with Gasteiger partial charge in [0.15, 0.2) is 0 Å². The Balaban J connectivity index is 2.15. The van der Waals surface area contributed by atoms with Crippen LogP contribution in [0.25, 0.3) is 0 Å². The summed E-state index contributed by atoms with van der Waals surface area (Å²) in [4.78, 5) is 18.9. The number of carboxylic acid groups (broad SMARTS) is 1. The first-order valence-electron chi connectivity index (χ1n) is 5.75. The van der Waals surface area contributed by atoms with Crippen LogP contribution in [0, 0.1) is 5.92 Å². The van der Waals surface area contributed by atoms with Crippen molar-refractivity contribution in [2.75, 3.05) is 5.32 Å². The minimum absolute atomic E-state index is 0.0876. The lowest BCUT2D eigenvalue weighted by atomic mass is 9.84. The highest BCUT2D eigenvalue weighted by molar-refractivity contribution is 6.33. The third kappa shape index (κ3) is 3.03. The Morgan fingerprint density at radius 1 is 1.39 bits per heavy atom. The highest BCUT2D eigenvalue weighted by Gasteiger charge is 2.31. The number of carbonyl (C=O) groups is 1. The molecule has 2 rings (SSSR count). The topological polar surface area (TPSA) is 75.1 Å². The van der Waals surface area contributed by atoms with Crippen molar-refractivity contribution in [3.63, 3.8) is 0 Å². The fourth-order valence-electron chi connectivity index (χ4n) is 2.22. The zero-order valence-corrected chi connectivity index (χ0v) is 11.1. The Hall–Kier alpha value is -1.07. The lowest BCUT2D eigenvalue weighted by Gasteiger charge is -2.29. The monoisotopic (exact) mass is 289 g/mol. The van der Waals surface area contributed by atoms with Crippen LogP contribution >= 0.6 is 23.2 Å². The second-order valence-corrected chi connectivity index (χ2v) is 5.06. The highest BCUT2D eigenvalue weighted by atomic mass is 35.5. The van der Waals surface area contributed by atoms with E-state index in [2.05, 4.69) is 15.3 Å². The molecule has 18 heavy (non-hydrogen) atoms. The van der Waals surface area contributed by atoms with Gasteiger partial charge in [0.25, 0.3) is 0 Å². The summed E-state index contributed by atoms with van der Waals surface area (Å²) < 4.78 is 0. The van der Waals surface area contributed by atoms with Gasteiger partial charge in [0.2, 0.25) is 5.28 Å². The summed E-state index contributed by atoms with van der Waals surface area (Å²) in [6, 6.07) is -0.167. The molecule has 0 amide bonds. The van der Waals surface area contributed by atoms with E-state index >= 15 is 0 Å². The average molecular weight is 290 g/mol. The first-order valence-corrected chi connectivity index (χ1v) is 6.51. The maximum atomic E-state index is 11.2. The third-order valence-electron chi connectivity index (χ3n) is 3.12. The van der Waals surface area contributed by atoms with Gasteiger partial charge in [-0.3, -0.25) is 4.79 Å². The first-order chi connectivity index (χ1) is 8.58. The molecule has 2 N–H and O–H groups in total. The predicted molar refractivity (Wildman–Crippen MR) is 69.1 cm³/mol. The molecule has 1 aromatic heterocycles. The number of hydrogen-bond donors (Lipinski definition) is 2. The van der Waals surface area contributed by atoms with Crippen molar-refractivity contribution in [3.05, 3.63) is 16.5 Å². The molecule has 1 aliphatic rings. The molecule has 0 radical (unpaired) electrons. The second kappa shape index (κ2) is 5.71. The lowest BCUT2D eigenvalue weighted by Crippen LogP contribution is -2.37. The molecule has 1 heterocycles. The summed E-state index contributed by atoms with van der Waals surface area (Å²) >= 11 is 11.6. The van der Waals surface area contributed by atoms with Crippen molar-refractivity contribution in [1.82, 2.24) is 9.97 Å². The van der Waals surface area contributed by atoms with Crippen LogP contribution in [0.4, 0.5) is 5.82 Å². The van der Waals surface area contributed by atoms with Crippen LogP contribution < -0.4 is 5.32 Å². The predicted octanol–water partition coefficient (Wildman–Crippen LogP) is 2.84. The van der Waals surface area contributed by atoms with E-state index in [1.165, 1.54) is 6.20 Å². The molecule has 98 valence electrons. The SMILES string of the molecule is O=C(O)C1CCCCC1Nc1nc(Cl)ncc1Cl. The molecule has 1 saturated carbocycles. The summed E-state index contributed by atoms with van der Waals surface area (Å²) in [6.07, 6.45) is 4.79.